The summed E-state index contributed by atoms with van der Waals surface area (Å²) in [5.41, 5.74) is 4.24. The summed E-state index contributed by atoms with van der Waals surface area (Å²) in [6, 6.07) is 39.4. The number of methoxy groups -OCH3 is 3. The van der Waals surface area contributed by atoms with Crippen LogP contribution in [-0.2, 0) is 38.5 Å². The Bertz CT molecular complexity index is 2030. The van der Waals surface area contributed by atoms with Crippen LogP contribution in [0.4, 0.5) is 4.79 Å². The summed E-state index contributed by atoms with van der Waals surface area (Å²) >= 11 is 0. The van der Waals surface area contributed by atoms with Crippen LogP contribution in [0.2, 0.25) is 0 Å². The van der Waals surface area contributed by atoms with E-state index in [1.807, 2.05) is 103 Å². The molecule has 1 saturated heterocycles. The lowest BCUT2D eigenvalue weighted by Gasteiger charge is -2.33. The topological polar surface area (TPSA) is 110 Å². The molecule has 1 fully saturated rings. The van der Waals surface area contributed by atoms with Gasteiger partial charge in [0, 0.05) is 5.92 Å². The standard InChI is InChI=1S/C46H47NO9/c1-5-54-45(49)37(26-33-21-23-39(51-2)41(27-33)52-3)36(25-32-22-24-40(42(28-32)53-4)55-29-31-15-9-6-10-16-31)44(48)47-38(30-56-46(47)50)43(34-17-11-7-12-18-34)35-19-13-8-14-20-35/h6-24,27-28,36-38,43H,5,25-26,29-30H2,1-4H3/t36-,37+,38-/m0/s1. The molecule has 5 aromatic rings. The highest BCUT2D eigenvalue weighted by molar-refractivity contribution is 5.97. The second kappa shape index (κ2) is 18.8. The average Bonchev–Trinajstić information content (AvgIpc) is 3.62. The second-order valence-electron chi connectivity index (χ2n) is 13.5. The Morgan fingerprint density at radius 2 is 1.18 bits per heavy atom. The Morgan fingerprint density at radius 1 is 0.661 bits per heavy atom. The number of hydrogen-bond donors (Lipinski definition) is 0. The Balaban J connectivity index is 1.42. The van der Waals surface area contributed by atoms with Crippen LogP contribution in [0.3, 0.4) is 0 Å². The summed E-state index contributed by atoms with van der Waals surface area (Å²) in [4.78, 5) is 44.4. The highest BCUT2D eigenvalue weighted by Gasteiger charge is 2.48. The molecule has 6 rings (SSSR count). The third-order valence-electron chi connectivity index (χ3n) is 10.1. The van der Waals surface area contributed by atoms with Crippen LogP contribution in [0.25, 0.3) is 0 Å². The van der Waals surface area contributed by atoms with E-state index in [0.29, 0.717) is 40.7 Å². The molecule has 2 amide bonds. The summed E-state index contributed by atoms with van der Waals surface area (Å²) < 4.78 is 34.3. The van der Waals surface area contributed by atoms with E-state index in [9.17, 15) is 9.59 Å². The van der Waals surface area contributed by atoms with Crippen LogP contribution in [0.5, 0.6) is 23.0 Å². The van der Waals surface area contributed by atoms with Gasteiger partial charge in [0.2, 0.25) is 5.91 Å². The van der Waals surface area contributed by atoms with Crippen molar-refractivity contribution in [2.45, 2.75) is 38.3 Å². The van der Waals surface area contributed by atoms with E-state index < -0.39 is 41.8 Å². The van der Waals surface area contributed by atoms with Crippen molar-refractivity contribution in [3.05, 3.63) is 155 Å². The molecule has 5 aromatic carbocycles. The first-order valence-electron chi connectivity index (χ1n) is 18.7. The van der Waals surface area contributed by atoms with Crippen molar-refractivity contribution < 1.29 is 42.8 Å². The maximum atomic E-state index is 15.3. The minimum Gasteiger partial charge on any atom is -0.493 e. The van der Waals surface area contributed by atoms with Gasteiger partial charge in [-0.1, -0.05) is 103 Å². The Kier molecular flexibility index (Phi) is 13.3. The SMILES string of the molecule is CCOC(=O)[C@H](Cc1ccc(OC)c(OC)c1)[C@H](Cc1ccc(OCc2ccccc2)c(OC)c1)C(=O)N1C(=O)OC[C@H]1C(c1ccccc1)c1ccccc1. The minimum atomic E-state index is -1.07. The molecule has 0 saturated carbocycles. The first kappa shape index (κ1) is 39.4. The van der Waals surface area contributed by atoms with Crippen LogP contribution in [0.15, 0.2) is 127 Å². The van der Waals surface area contributed by atoms with Crippen LogP contribution >= 0.6 is 0 Å². The van der Waals surface area contributed by atoms with Crippen molar-refractivity contribution in [1.82, 2.24) is 4.90 Å². The van der Waals surface area contributed by atoms with Crippen LogP contribution < -0.4 is 18.9 Å². The van der Waals surface area contributed by atoms with E-state index >= 15 is 4.79 Å². The normalized spacial score (nSPS) is 14.8. The summed E-state index contributed by atoms with van der Waals surface area (Å²) in [5.74, 6) is -1.61. The summed E-state index contributed by atoms with van der Waals surface area (Å²) in [5, 5.41) is 0. The van der Waals surface area contributed by atoms with E-state index in [-0.39, 0.29) is 26.1 Å². The summed E-state index contributed by atoms with van der Waals surface area (Å²) in [7, 11) is 4.63. The van der Waals surface area contributed by atoms with Gasteiger partial charge in [-0.25, -0.2) is 9.69 Å². The van der Waals surface area contributed by atoms with Gasteiger partial charge in [-0.15, -0.1) is 0 Å². The molecule has 290 valence electrons. The Morgan fingerprint density at radius 3 is 1.73 bits per heavy atom. The molecule has 3 atom stereocenters. The number of nitrogens with zero attached hydrogens (tertiary/aromatic N) is 1. The molecule has 10 nitrogen and oxygen atoms in total. The second-order valence-corrected chi connectivity index (χ2v) is 13.5. The van der Waals surface area contributed by atoms with Gasteiger partial charge in [-0.2, -0.15) is 0 Å². The molecular formula is C46H47NO9. The van der Waals surface area contributed by atoms with Gasteiger partial charge in [0.15, 0.2) is 23.0 Å². The zero-order chi connectivity index (χ0) is 39.4. The minimum absolute atomic E-state index is 0.0211. The average molecular weight is 758 g/mol. The summed E-state index contributed by atoms with van der Waals surface area (Å²) in [6.45, 7) is 2.13. The smallest absolute Gasteiger partial charge is 0.417 e. The van der Waals surface area contributed by atoms with E-state index in [0.717, 1.165) is 16.7 Å². The fourth-order valence-electron chi connectivity index (χ4n) is 7.32. The molecule has 0 aliphatic carbocycles. The highest BCUT2D eigenvalue weighted by atomic mass is 16.6. The lowest BCUT2D eigenvalue weighted by Crippen LogP contribution is -2.49. The van der Waals surface area contributed by atoms with Crippen molar-refractivity contribution >= 4 is 18.0 Å². The first-order valence-corrected chi connectivity index (χ1v) is 18.7. The van der Waals surface area contributed by atoms with Gasteiger partial charge >= 0.3 is 12.1 Å². The van der Waals surface area contributed by atoms with Crippen molar-refractivity contribution in [2.24, 2.45) is 11.8 Å². The van der Waals surface area contributed by atoms with Gasteiger partial charge in [-0.3, -0.25) is 9.59 Å². The predicted octanol–water partition coefficient (Wildman–Crippen LogP) is 8.05. The molecule has 1 heterocycles. The molecule has 0 spiro atoms. The number of hydrogen-bond acceptors (Lipinski definition) is 9. The molecule has 10 heteroatoms. The maximum Gasteiger partial charge on any atom is 0.417 e. The maximum absolute atomic E-state index is 15.3. The fourth-order valence-corrected chi connectivity index (χ4v) is 7.32. The van der Waals surface area contributed by atoms with E-state index in [2.05, 4.69) is 0 Å². The third-order valence-corrected chi connectivity index (χ3v) is 10.1. The molecule has 0 aromatic heterocycles. The lowest BCUT2D eigenvalue weighted by atomic mass is 9.80. The number of esters is 1. The van der Waals surface area contributed by atoms with Crippen LogP contribution in [0.1, 0.15) is 40.7 Å². The predicted molar refractivity (Wildman–Crippen MR) is 211 cm³/mol. The molecule has 0 radical (unpaired) electrons. The van der Waals surface area contributed by atoms with Crippen LogP contribution in [-0.4, -0.2) is 63.5 Å². The molecule has 1 aliphatic heterocycles. The number of rotatable bonds is 17. The Labute approximate surface area is 327 Å². The monoisotopic (exact) mass is 757 g/mol. The number of ether oxygens (including phenoxy) is 6. The quantitative estimate of drug-likeness (QED) is 0.0871. The zero-order valence-electron chi connectivity index (χ0n) is 32.1. The highest BCUT2D eigenvalue weighted by Crippen LogP contribution is 2.38. The first-order chi connectivity index (χ1) is 27.3. The van der Waals surface area contributed by atoms with Crippen LogP contribution in [0, 0.1) is 11.8 Å². The van der Waals surface area contributed by atoms with Crippen molar-refractivity contribution in [3.8, 4) is 23.0 Å². The zero-order valence-corrected chi connectivity index (χ0v) is 32.1. The number of cyclic esters (lactones) is 1. The summed E-state index contributed by atoms with van der Waals surface area (Å²) in [6.07, 6.45) is -0.583. The third kappa shape index (κ3) is 9.14. The van der Waals surface area contributed by atoms with E-state index in [4.69, 9.17) is 28.4 Å². The molecule has 0 bridgehead atoms. The van der Waals surface area contributed by atoms with Crippen molar-refractivity contribution in [2.75, 3.05) is 34.5 Å². The van der Waals surface area contributed by atoms with Gasteiger partial charge in [0.25, 0.3) is 0 Å². The van der Waals surface area contributed by atoms with Gasteiger partial charge < -0.3 is 28.4 Å². The number of amides is 2. The molecule has 1 aliphatic rings. The number of benzene rings is 5. The van der Waals surface area contributed by atoms with Gasteiger partial charge in [0.05, 0.1) is 45.8 Å². The van der Waals surface area contributed by atoms with E-state index in [1.54, 1.807) is 45.4 Å². The number of carbonyl (C=O) groups is 3. The molecule has 0 N–H and O–H groups in total. The fraction of sp³-hybridized carbons (Fsp3) is 0.283. The van der Waals surface area contributed by atoms with Crippen molar-refractivity contribution in [1.29, 1.82) is 0 Å². The lowest BCUT2D eigenvalue weighted by molar-refractivity contribution is -0.154. The molecular weight excluding hydrogens is 711 g/mol. The number of carbonyl (C=O) groups excluding carboxylic acids is 3. The number of imide groups is 1. The van der Waals surface area contributed by atoms with Gasteiger partial charge in [0.1, 0.15) is 13.2 Å². The van der Waals surface area contributed by atoms with Gasteiger partial charge in [-0.05, 0) is 71.8 Å². The van der Waals surface area contributed by atoms with E-state index in [1.165, 1.54) is 12.0 Å². The largest absolute Gasteiger partial charge is 0.493 e. The van der Waals surface area contributed by atoms with Crippen molar-refractivity contribution in [3.63, 3.8) is 0 Å². The molecule has 56 heavy (non-hydrogen) atoms. The Hall–Kier alpha value is -6.29. The molecule has 0 unspecified atom stereocenters.